The van der Waals surface area contributed by atoms with Gasteiger partial charge in [-0.2, -0.15) is 0 Å². The average Bonchev–Trinajstić information content (AvgIpc) is 2.86. The molecule has 1 atom stereocenters. The highest BCUT2D eigenvalue weighted by molar-refractivity contribution is 7.91. The molecule has 0 aromatic heterocycles. The van der Waals surface area contributed by atoms with Crippen LogP contribution < -0.4 is 10.1 Å². The van der Waals surface area contributed by atoms with E-state index in [1.54, 1.807) is 0 Å². The molecule has 0 saturated carbocycles. The number of ether oxygens (including phenoxy) is 1. The molecule has 1 aliphatic rings. The lowest BCUT2D eigenvalue weighted by Crippen LogP contribution is -2.35. The molecule has 2 rings (SSSR count). The van der Waals surface area contributed by atoms with Crippen molar-refractivity contribution in [1.82, 2.24) is 4.90 Å². The van der Waals surface area contributed by atoms with Gasteiger partial charge in [-0.3, -0.25) is 4.79 Å². The quantitative estimate of drug-likeness (QED) is 0.810. The summed E-state index contributed by atoms with van der Waals surface area (Å²) in [6.45, 7) is 4.39. The summed E-state index contributed by atoms with van der Waals surface area (Å²) in [5, 5.41) is 2.87. The Morgan fingerprint density at radius 3 is 2.71 bits per heavy atom. The second-order valence-electron chi connectivity index (χ2n) is 6.50. The number of rotatable bonds is 7. The second-order valence-corrected chi connectivity index (χ2v) is 8.73. The molecular weight excluding hydrogens is 328 g/mol. The Bertz CT molecular complexity index is 673. The third kappa shape index (κ3) is 5.49. The van der Waals surface area contributed by atoms with Gasteiger partial charge in [0.15, 0.2) is 9.84 Å². The summed E-state index contributed by atoms with van der Waals surface area (Å²) in [5.41, 5.74) is 0.655. The average molecular weight is 354 g/mol. The van der Waals surface area contributed by atoms with Crippen LogP contribution >= 0.6 is 0 Å². The Morgan fingerprint density at radius 1 is 1.38 bits per heavy atom. The molecule has 1 aliphatic heterocycles. The van der Waals surface area contributed by atoms with Crippen LogP contribution in [-0.2, 0) is 14.6 Å². The normalized spacial score (nSPS) is 19.6. The fraction of sp³-hybridized carbons (Fsp3) is 0.588. The monoisotopic (exact) mass is 354 g/mol. The molecule has 1 N–H and O–H groups in total. The maximum absolute atomic E-state index is 12.2. The van der Waals surface area contributed by atoms with Crippen LogP contribution in [0.2, 0.25) is 0 Å². The maximum Gasteiger partial charge on any atom is 0.225 e. The minimum absolute atomic E-state index is 0.0133. The first-order valence-electron chi connectivity index (χ1n) is 8.23. The number of carbonyl (C=O) groups is 1. The Hall–Kier alpha value is -1.60. The summed E-state index contributed by atoms with van der Waals surface area (Å²) in [7, 11) is -1.03. The fourth-order valence-corrected chi connectivity index (χ4v) is 4.53. The molecule has 1 unspecified atom stereocenters. The summed E-state index contributed by atoms with van der Waals surface area (Å²) in [6, 6.07) is 7.35. The minimum atomic E-state index is -2.90. The van der Waals surface area contributed by atoms with Gasteiger partial charge in [-0.15, -0.1) is 0 Å². The van der Waals surface area contributed by atoms with E-state index in [-0.39, 0.29) is 29.6 Å². The molecule has 0 aliphatic carbocycles. The largest absolute Gasteiger partial charge is 0.489 e. The Morgan fingerprint density at radius 2 is 2.08 bits per heavy atom. The number of nitrogens with one attached hydrogen (secondary N) is 1. The number of benzene rings is 1. The van der Waals surface area contributed by atoms with E-state index in [1.165, 1.54) is 0 Å². The van der Waals surface area contributed by atoms with E-state index in [0.717, 1.165) is 0 Å². The van der Waals surface area contributed by atoms with Gasteiger partial charge in [0.1, 0.15) is 5.75 Å². The van der Waals surface area contributed by atoms with Gasteiger partial charge in [0, 0.05) is 19.0 Å². The van der Waals surface area contributed by atoms with Crippen molar-refractivity contribution in [3.63, 3.8) is 0 Å². The first-order valence-corrected chi connectivity index (χ1v) is 10.0. The number of carbonyl (C=O) groups excluding carboxylic acids is 1. The summed E-state index contributed by atoms with van der Waals surface area (Å²) in [6.07, 6.45) is 0.979. The number of amides is 1. The van der Waals surface area contributed by atoms with Gasteiger partial charge in [-0.25, -0.2) is 8.42 Å². The van der Waals surface area contributed by atoms with Crippen LogP contribution in [0.15, 0.2) is 24.3 Å². The van der Waals surface area contributed by atoms with Gasteiger partial charge >= 0.3 is 0 Å². The van der Waals surface area contributed by atoms with Crippen molar-refractivity contribution in [3.05, 3.63) is 24.3 Å². The fourth-order valence-electron chi connectivity index (χ4n) is 2.72. The summed E-state index contributed by atoms with van der Waals surface area (Å²) >= 11 is 0. The van der Waals surface area contributed by atoms with Crippen molar-refractivity contribution in [1.29, 1.82) is 0 Å². The number of anilines is 1. The molecule has 1 saturated heterocycles. The molecule has 7 heteroatoms. The lowest BCUT2D eigenvalue weighted by atomic mass is 10.2. The summed E-state index contributed by atoms with van der Waals surface area (Å²) in [5.74, 6) is 0.975. The molecule has 0 bridgehead atoms. The van der Waals surface area contributed by atoms with E-state index in [0.29, 0.717) is 30.8 Å². The minimum Gasteiger partial charge on any atom is -0.489 e. The highest BCUT2D eigenvalue weighted by Crippen LogP contribution is 2.25. The molecule has 1 heterocycles. The van der Waals surface area contributed by atoms with Gasteiger partial charge in [-0.05, 0) is 39.4 Å². The molecule has 1 aromatic carbocycles. The van der Waals surface area contributed by atoms with Gasteiger partial charge in [0.05, 0.1) is 23.3 Å². The number of hydrogen-bond acceptors (Lipinski definition) is 5. The lowest BCUT2D eigenvalue weighted by Gasteiger charge is -2.22. The van der Waals surface area contributed by atoms with E-state index >= 15 is 0 Å². The van der Waals surface area contributed by atoms with E-state index < -0.39 is 9.84 Å². The van der Waals surface area contributed by atoms with Crippen LogP contribution in [0.3, 0.4) is 0 Å². The Labute approximate surface area is 144 Å². The van der Waals surface area contributed by atoms with Gasteiger partial charge in [0.25, 0.3) is 0 Å². The number of sulfone groups is 1. The smallest absolute Gasteiger partial charge is 0.225 e. The summed E-state index contributed by atoms with van der Waals surface area (Å²) in [4.78, 5) is 14.1. The van der Waals surface area contributed by atoms with Crippen LogP contribution in [0.5, 0.6) is 5.75 Å². The molecule has 1 aromatic rings. The van der Waals surface area contributed by atoms with E-state index in [1.807, 2.05) is 50.1 Å². The SMILES string of the molecule is CC(C)Oc1ccccc1NC(=O)CCN(C)C1CCS(=O)(=O)C1. The lowest BCUT2D eigenvalue weighted by molar-refractivity contribution is -0.116. The van der Waals surface area contributed by atoms with Crippen molar-refractivity contribution >= 4 is 21.4 Å². The van der Waals surface area contributed by atoms with Crippen LogP contribution in [-0.4, -0.2) is 56.5 Å². The summed E-state index contributed by atoms with van der Waals surface area (Å²) < 4.78 is 28.7. The maximum atomic E-state index is 12.2. The molecule has 24 heavy (non-hydrogen) atoms. The van der Waals surface area contributed by atoms with Gasteiger partial charge in [0.2, 0.25) is 5.91 Å². The third-order valence-corrected chi connectivity index (χ3v) is 5.80. The van der Waals surface area contributed by atoms with Crippen molar-refractivity contribution in [2.45, 2.75) is 38.8 Å². The molecule has 1 fully saturated rings. The number of hydrogen-bond donors (Lipinski definition) is 1. The van der Waals surface area contributed by atoms with Crippen molar-refractivity contribution in [3.8, 4) is 5.75 Å². The highest BCUT2D eigenvalue weighted by Gasteiger charge is 2.30. The number of para-hydroxylation sites is 2. The van der Waals surface area contributed by atoms with E-state index in [9.17, 15) is 13.2 Å². The van der Waals surface area contributed by atoms with Crippen LogP contribution in [0.4, 0.5) is 5.69 Å². The standard InChI is InChI=1S/C17H26N2O4S/c1-13(2)23-16-7-5-4-6-15(16)18-17(20)8-10-19(3)14-9-11-24(21,22)12-14/h4-7,13-14H,8-12H2,1-3H3,(H,18,20). The molecule has 0 spiro atoms. The zero-order valence-electron chi connectivity index (χ0n) is 14.5. The van der Waals surface area contributed by atoms with Crippen LogP contribution in [0.25, 0.3) is 0 Å². The first-order chi connectivity index (χ1) is 11.3. The zero-order chi connectivity index (χ0) is 17.7. The zero-order valence-corrected chi connectivity index (χ0v) is 15.3. The van der Waals surface area contributed by atoms with Crippen molar-refractivity contribution in [2.24, 2.45) is 0 Å². The van der Waals surface area contributed by atoms with Gasteiger partial charge < -0.3 is 15.0 Å². The third-order valence-electron chi connectivity index (χ3n) is 4.05. The molecule has 1 amide bonds. The predicted octanol–water partition coefficient (Wildman–Crippen LogP) is 1.92. The van der Waals surface area contributed by atoms with Crippen LogP contribution in [0, 0.1) is 0 Å². The first kappa shape index (κ1) is 18.7. The molecule has 0 radical (unpaired) electrons. The van der Waals surface area contributed by atoms with Crippen molar-refractivity contribution in [2.75, 3.05) is 30.4 Å². The topological polar surface area (TPSA) is 75.7 Å². The van der Waals surface area contributed by atoms with E-state index in [4.69, 9.17) is 4.74 Å². The highest BCUT2D eigenvalue weighted by atomic mass is 32.2. The Kier molecular flexibility index (Phi) is 6.23. The van der Waals surface area contributed by atoms with Gasteiger partial charge in [-0.1, -0.05) is 12.1 Å². The predicted molar refractivity (Wildman–Crippen MR) is 95.1 cm³/mol. The molecule has 6 nitrogen and oxygen atoms in total. The second kappa shape index (κ2) is 7.98. The van der Waals surface area contributed by atoms with Crippen molar-refractivity contribution < 1.29 is 17.9 Å². The molecule has 134 valence electrons. The molecular formula is C17H26N2O4S. The number of nitrogens with zero attached hydrogens (tertiary/aromatic N) is 1. The van der Waals surface area contributed by atoms with E-state index in [2.05, 4.69) is 5.32 Å². The van der Waals surface area contributed by atoms with Crippen LogP contribution in [0.1, 0.15) is 26.7 Å². The Balaban J connectivity index is 1.86.